The van der Waals surface area contributed by atoms with E-state index in [0.29, 0.717) is 48.7 Å². The lowest BCUT2D eigenvalue weighted by Gasteiger charge is -2.54. The van der Waals surface area contributed by atoms with Gasteiger partial charge >= 0.3 is 5.97 Å². The summed E-state index contributed by atoms with van der Waals surface area (Å²) in [6.07, 6.45) is 2.37. The molecule has 2 unspecified atom stereocenters. The first-order valence-corrected chi connectivity index (χ1v) is 9.86. The lowest BCUT2D eigenvalue weighted by molar-refractivity contribution is -0.141. The Morgan fingerprint density at radius 1 is 1.30 bits per heavy atom. The molecule has 3 aliphatic heterocycles. The first-order chi connectivity index (χ1) is 12.8. The molecule has 0 spiro atoms. The fourth-order valence-corrected chi connectivity index (χ4v) is 5.29. The van der Waals surface area contributed by atoms with E-state index in [1.165, 1.54) is 0 Å². The van der Waals surface area contributed by atoms with Gasteiger partial charge in [-0.05, 0) is 43.9 Å². The van der Waals surface area contributed by atoms with Crippen molar-refractivity contribution in [2.45, 2.75) is 51.0 Å². The number of aliphatic carboxylic acids is 1. The van der Waals surface area contributed by atoms with Gasteiger partial charge < -0.3 is 14.9 Å². The molecule has 1 aromatic heterocycles. The maximum absolute atomic E-state index is 14.4. The van der Waals surface area contributed by atoms with Crippen molar-refractivity contribution in [1.29, 1.82) is 0 Å². The molecule has 6 rings (SSSR count). The van der Waals surface area contributed by atoms with Gasteiger partial charge in [-0.3, -0.25) is 4.79 Å². The van der Waals surface area contributed by atoms with E-state index in [2.05, 4.69) is 16.8 Å². The van der Waals surface area contributed by atoms with Crippen LogP contribution in [0.3, 0.4) is 0 Å². The normalized spacial score (nSPS) is 33.3. The van der Waals surface area contributed by atoms with Crippen LogP contribution in [-0.4, -0.2) is 46.7 Å². The van der Waals surface area contributed by atoms with Crippen LogP contribution in [0.5, 0.6) is 0 Å². The number of hydrogen-bond donors (Lipinski definition) is 1. The number of carboxylic acids is 1. The number of rotatable bonds is 4. The van der Waals surface area contributed by atoms with Gasteiger partial charge in [-0.15, -0.1) is 0 Å². The van der Waals surface area contributed by atoms with Crippen LogP contribution in [-0.2, 0) is 17.1 Å². The Balaban J connectivity index is 1.47. The molecular weight excluding hydrogens is 354 g/mol. The molecular formula is C19H24F2N4O2. The standard InChI is InChI=1S/C19H24F2N4O2/c1-10-3-5-25(10)18-22-16-13(2-4-19(16,20)21)17(23-18)24-8-11-6-12(9-24)14(11)7-15(26)27/h10-12,14H,2-9H2,1H3,(H,26,27)/t10?,11-,12+,14?. The molecule has 0 amide bonds. The lowest BCUT2D eigenvalue weighted by atomic mass is 9.60. The van der Waals surface area contributed by atoms with Crippen molar-refractivity contribution in [2.75, 3.05) is 29.4 Å². The maximum Gasteiger partial charge on any atom is 0.303 e. The van der Waals surface area contributed by atoms with E-state index in [1.54, 1.807) is 0 Å². The molecule has 0 aromatic carbocycles. The molecule has 1 N–H and O–H groups in total. The summed E-state index contributed by atoms with van der Waals surface area (Å²) in [5.41, 5.74) is 0.496. The molecule has 146 valence electrons. The number of halogens is 2. The summed E-state index contributed by atoms with van der Waals surface area (Å²) >= 11 is 0. The van der Waals surface area contributed by atoms with Crippen LogP contribution >= 0.6 is 0 Å². The number of anilines is 2. The van der Waals surface area contributed by atoms with Gasteiger partial charge in [0.05, 0.1) is 0 Å². The van der Waals surface area contributed by atoms with Gasteiger partial charge in [0.2, 0.25) is 5.95 Å². The molecule has 2 aliphatic carbocycles. The Bertz CT molecular complexity index is 790. The summed E-state index contributed by atoms with van der Waals surface area (Å²) < 4.78 is 28.9. The van der Waals surface area contributed by atoms with Gasteiger partial charge in [-0.25, -0.2) is 4.98 Å². The van der Waals surface area contributed by atoms with E-state index < -0.39 is 11.9 Å². The highest BCUT2D eigenvalue weighted by Crippen LogP contribution is 2.50. The molecule has 4 atom stereocenters. The van der Waals surface area contributed by atoms with Crippen LogP contribution in [0.25, 0.3) is 0 Å². The van der Waals surface area contributed by atoms with Crippen molar-refractivity contribution in [1.82, 2.24) is 9.97 Å². The zero-order chi connectivity index (χ0) is 18.9. The van der Waals surface area contributed by atoms with Crippen molar-refractivity contribution in [3.63, 3.8) is 0 Å². The third kappa shape index (κ3) is 2.59. The second-order valence-corrected chi connectivity index (χ2v) is 8.63. The van der Waals surface area contributed by atoms with Crippen LogP contribution < -0.4 is 9.80 Å². The van der Waals surface area contributed by atoms with Gasteiger partial charge in [0.1, 0.15) is 11.5 Å². The molecule has 0 radical (unpaired) electrons. The average molecular weight is 378 g/mol. The Labute approximate surface area is 156 Å². The number of fused-ring (bicyclic) bond motifs is 3. The number of alkyl halides is 2. The van der Waals surface area contributed by atoms with Gasteiger partial charge in [0.15, 0.2) is 0 Å². The van der Waals surface area contributed by atoms with E-state index in [9.17, 15) is 13.6 Å². The highest BCUT2D eigenvalue weighted by Gasteiger charge is 2.50. The molecule has 6 nitrogen and oxygen atoms in total. The lowest BCUT2D eigenvalue weighted by Crippen LogP contribution is -2.56. The number of hydrogen-bond acceptors (Lipinski definition) is 5. The summed E-state index contributed by atoms with van der Waals surface area (Å²) in [6, 6.07) is 0.278. The van der Waals surface area contributed by atoms with Gasteiger partial charge in [0.25, 0.3) is 5.92 Å². The minimum Gasteiger partial charge on any atom is -0.481 e. The van der Waals surface area contributed by atoms with Gasteiger partial charge in [-0.1, -0.05) is 0 Å². The number of carboxylic acid groups (broad SMARTS) is 1. The molecule has 27 heavy (non-hydrogen) atoms. The minimum absolute atomic E-state index is 0.0945. The van der Waals surface area contributed by atoms with Gasteiger partial charge in [0, 0.05) is 44.1 Å². The fraction of sp³-hybridized carbons (Fsp3) is 0.737. The molecule has 1 aromatic rings. The molecule has 1 saturated carbocycles. The molecule has 2 bridgehead atoms. The Morgan fingerprint density at radius 3 is 2.63 bits per heavy atom. The molecule has 5 aliphatic rings. The third-order valence-electron chi connectivity index (χ3n) is 7.02. The molecule has 8 heteroatoms. The second-order valence-electron chi connectivity index (χ2n) is 8.63. The number of piperidine rings is 2. The Hall–Kier alpha value is -1.99. The zero-order valence-electron chi connectivity index (χ0n) is 15.4. The van der Waals surface area contributed by atoms with Crippen LogP contribution in [0.4, 0.5) is 20.5 Å². The van der Waals surface area contributed by atoms with Crippen molar-refractivity contribution in [3.8, 4) is 0 Å². The first-order valence-electron chi connectivity index (χ1n) is 9.86. The second kappa shape index (κ2) is 5.75. The summed E-state index contributed by atoms with van der Waals surface area (Å²) in [7, 11) is 0. The largest absolute Gasteiger partial charge is 0.481 e. The smallest absolute Gasteiger partial charge is 0.303 e. The molecule has 4 fully saturated rings. The summed E-state index contributed by atoms with van der Waals surface area (Å²) in [5, 5.41) is 9.10. The molecule has 4 heterocycles. The summed E-state index contributed by atoms with van der Waals surface area (Å²) in [4.78, 5) is 24.2. The van der Waals surface area contributed by atoms with E-state index in [1.807, 2.05) is 4.90 Å². The summed E-state index contributed by atoms with van der Waals surface area (Å²) in [6.45, 7) is 4.28. The SMILES string of the molecule is CC1CCN1c1nc(N2C[C@H]3C[C@@H](C2)C3CC(=O)O)c2c(n1)C(F)(F)CC2. The van der Waals surface area contributed by atoms with Crippen LogP contribution in [0.2, 0.25) is 0 Å². The Kier molecular flexibility index (Phi) is 3.65. The zero-order valence-corrected chi connectivity index (χ0v) is 15.4. The van der Waals surface area contributed by atoms with Crippen molar-refractivity contribution in [3.05, 3.63) is 11.3 Å². The quantitative estimate of drug-likeness (QED) is 0.869. The van der Waals surface area contributed by atoms with E-state index in [4.69, 9.17) is 10.1 Å². The maximum atomic E-state index is 14.4. The highest BCUT2D eigenvalue weighted by atomic mass is 19.3. The first kappa shape index (κ1) is 17.1. The summed E-state index contributed by atoms with van der Waals surface area (Å²) in [5.74, 6) is -1.71. The number of aromatic nitrogens is 2. The number of nitrogens with zero attached hydrogens (tertiary/aromatic N) is 4. The minimum atomic E-state index is -2.89. The monoisotopic (exact) mass is 378 g/mol. The third-order valence-corrected chi connectivity index (χ3v) is 7.02. The van der Waals surface area contributed by atoms with E-state index >= 15 is 0 Å². The van der Waals surface area contributed by atoms with Crippen LogP contribution in [0, 0.1) is 17.8 Å². The van der Waals surface area contributed by atoms with E-state index in [0.717, 1.165) is 19.4 Å². The van der Waals surface area contributed by atoms with Crippen molar-refractivity contribution >= 4 is 17.7 Å². The van der Waals surface area contributed by atoms with Crippen LogP contribution in [0.1, 0.15) is 43.9 Å². The van der Waals surface area contributed by atoms with Crippen molar-refractivity contribution < 1.29 is 18.7 Å². The van der Waals surface area contributed by atoms with Gasteiger partial charge in [-0.2, -0.15) is 13.8 Å². The van der Waals surface area contributed by atoms with E-state index in [-0.39, 0.29) is 30.5 Å². The molecule has 3 saturated heterocycles. The fourth-order valence-electron chi connectivity index (χ4n) is 5.29. The highest BCUT2D eigenvalue weighted by molar-refractivity contribution is 5.67. The average Bonchev–Trinajstić information content (AvgIpc) is 2.93. The topological polar surface area (TPSA) is 69.6 Å². The Morgan fingerprint density at radius 2 is 2.04 bits per heavy atom. The predicted octanol–water partition coefficient (Wildman–Crippen LogP) is 2.66. The van der Waals surface area contributed by atoms with Crippen molar-refractivity contribution in [2.24, 2.45) is 17.8 Å². The number of carbonyl (C=O) groups is 1. The predicted molar refractivity (Wildman–Crippen MR) is 95.2 cm³/mol. The van der Waals surface area contributed by atoms with Crippen LogP contribution in [0.15, 0.2) is 0 Å².